The van der Waals surface area contributed by atoms with Gasteiger partial charge in [0.2, 0.25) is 0 Å². The lowest BCUT2D eigenvalue weighted by Crippen LogP contribution is -2.17. The number of hydrogen-bond donors (Lipinski definition) is 0. The van der Waals surface area contributed by atoms with Crippen LogP contribution in [0.3, 0.4) is 0 Å². The number of ether oxygens (including phenoxy) is 1. The van der Waals surface area contributed by atoms with Crippen molar-refractivity contribution in [1.29, 1.82) is 0 Å². The van der Waals surface area contributed by atoms with Crippen LogP contribution in [0.2, 0.25) is 0 Å². The van der Waals surface area contributed by atoms with Gasteiger partial charge >= 0.3 is 0 Å². The summed E-state index contributed by atoms with van der Waals surface area (Å²) in [6.45, 7) is 1.02. The maximum Gasteiger partial charge on any atom is 0.0664 e. The molecule has 1 aliphatic heterocycles. The van der Waals surface area contributed by atoms with E-state index in [1.54, 1.807) is 0 Å². The molecule has 1 aliphatic carbocycles. The van der Waals surface area contributed by atoms with Crippen molar-refractivity contribution in [2.75, 3.05) is 11.0 Å². The summed E-state index contributed by atoms with van der Waals surface area (Å²) in [7, 11) is 0. The number of hydrogen-bond acceptors (Lipinski definition) is 1. The summed E-state index contributed by atoms with van der Waals surface area (Å²) in [5, 5.41) is 0. The fourth-order valence-electron chi connectivity index (χ4n) is 2.01. The van der Waals surface area contributed by atoms with Crippen molar-refractivity contribution in [1.82, 2.24) is 0 Å². The lowest BCUT2D eigenvalue weighted by Gasteiger charge is -2.17. The number of fused-ring (bicyclic) bond motifs is 1. The quantitative estimate of drug-likeness (QED) is 0.523. The van der Waals surface area contributed by atoms with Crippen molar-refractivity contribution in [2.24, 2.45) is 11.8 Å². The van der Waals surface area contributed by atoms with Crippen molar-refractivity contribution < 1.29 is 4.74 Å². The summed E-state index contributed by atoms with van der Waals surface area (Å²) < 4.78 is 6.90. The van der Waals surface area contributed by atoms with Gasteiger partial charge in [0.25, 0.3) is 0 Å². The van der Waals surface area contributed by atoms with Gasteiger partial charge in [-0.2, -0.15) is 0 Å². The predicted octanol–water partition coefficient (Wildman–Crippen LogP) is 2.63. The third-order valence-electron chi connectivity index (χ3n) is 2.94. The molecule has 1 saturated heterocycles. The van der Waals surface area contributed by atoms with E-state index in [1.807, 2.05) is 0 Å². The Morgan fingerprint density at radius 1 is 1.18 bits per heavy atom. The zero-order valence-corrected chi connectivity index (χ0v) is 8.92. The summed E-state index contributed by atoms with van der Waals surface area (Å²) in [6.07, 6.45) is 6.13. The molecule has 0 bridgehead atoms. The molecular weight excluding hydrogens is 251 g/mol. The molecule has 1 nitrogen and oxygen atoms in total. The highest BCUT2D eigenvalue weighted by molar-refractivity contribution is 14.1. The fourth-order valence-corrected chi connectivity index (χ4v) is 2.70. The molecule has 2 aliphatic rings. The van der Waals surface area contributed by atoms with Gasteiger partial charge in [-0.15, -0.1) is 0 Å². The summed E-state index contributed by atoms with van der Waals surface area (Å²) in [5.74, 6) is 2.13. The van der Waals surface area contributed by atoms with Crippen LogP contribution in [-0.4, -0.2) is 17.1 Å². The van der Waals surface area contributed by atoms with Crippen LogP contribution >= 0.6 is 22.6 Å². The van der Waals surface area contributed by atoms with Crippen LogP contribution in [0.5, 0.6) is 0 Å². The van der Waals surface area contributed by atoms with Crippen molar-refractivity contribution in [3.8, 4) is 0 Å². The van der Waals surface area contributed by atoms with Gasteiger partial charge < -0.3 is 4.74 Å². The molecule has 1 saturated carbocycles. The van der Waals surface area contributed by atoms with E-state index in [0.29, 0.717) is 6.10 Å². The molecule has 1 unspecified atom stereocenters. The number of alkyl halides is 1. The summed E-state index contributed by atoms with van der Waals surface area (Å²) in [5.41, 5.74) is 0. The highest BCUT2D eigenvalue weighted by Crippen LogP contribution is 2.45. The fraction of sp³-hybridized carbons (Fsp3) is 1.00. The number of halogens is 1. The Bertz CT molecular complexity index is 138. The molecule has 1 heterocycles. The third-order valence-corrected chi connectivity index (χ3v) is 3.93. The van der Waals surface area contributed by atoms with Crippen LogP contribution in [-0.2, 0) is 4.74 Å². The number of rotatable bonds is 1. The Labute approximate surface area is 82.0 Å². The molecule has 64 valence electrons. The summed E-state index contributed by atoms with van der Waals surface area (Å²) in [4.78, 5) is 0. The molecule has 2 fully saturated rings. The SMILES string of the molecule is ICC1CC[C@H]2C[C@H]2CCO1. The van der Waals surface area contributed by atoms with E-state index in [1.165, 1.54) is 30.1 Å². The average Bonchev–Trinajstić information content (AvgIpc) is 2.68. The zero-order chi connectivity index (χ0) is 7.68. The molecular formula is C9H15IO. The second kappa shape index (κ2) is 3.60. The summed E-state index contributed by atoms with van der Waals surface area (Å²) in [6, 6.07) is 0. The second-order valence-corrected chi connectivity index (χ2v) is 4.65. The molecule has 2 heteroatoms. The van der Waals surface area contributed by atoms with Gasteiger partial charge in [0.1, 0.15) is 0 Å². The minimum Gasteiger partial charge on any atom is -0.377 e. The van der Waals surface area contributed by atoms with Gasteiger partial charge in [0, 0.05) is 11.0 Å². The largest absolute Gasteiger partial charge is 0.377 e. The first kappa shape index (κ1) is 8.30. The Balaban J connectivity index is 1.80. The smallest absolute Gasteiger partial charge is 0.0664 e. The van der Waals surface area contributed by atoms with E-state index in [9.17, 15) is 0 Å². The monoisotopic (exact) mass is 266 g/mol. The molecule has 0 aromatic carbocycles. The van der Waals surface area contributed by atoms with Crippen LogP contribution in [0.4, 0.5) is 0 Å². The first-order valence-electron chi connectivity index (χ1n) is 4.57. The van der Waals surface area contributed by atoms with Crippen LogP contribution in [0.1, 0.15) is 25.7 Å². The first-order chi connectivity index (χ1) is 5.40. The van der Waals surface area contributed by atoms with Gasteiger partial charge in [-0.05, 0) is 37.5 Å². The van der Waals surface area contributed by atoms with Crippen LogP contribution < -0.4 is 0 Å². The van der Waals surface area contributed by atoms with Crippen molar-refractivity contribution in [3.05, 3.63) is 0 Å². The van der Waals surface area contributed by atoms with E-state index >= 15 is 0 Å². The highest BCUT2D eigenvalue weighted by atomic mass is 127. The second-order valence-electron chi connectivity index (χ2n) is 3.77. The van der Waals surface area contributed by atoms with Gasteiger partial charge in [-0.1, -0.05) is 22.6 Å². The van der Waals surface area contributed by atoms with Crippen molar-refractivity contribution >= 4 is 22.6 Å². The maximum absolute atomic E-state index is 5.72. The van der Waals surface area contributed by atoms with Gasteiger partial charge in [-0.3, -0.25) is 0 Å². The third kappa shape index (κ3) is 2.08. The van der Waals surface area contributed by atoms with E-state index in [0.717, 1.165) is 18.4 Å². The van der Waals surface area contributed by atoms with E-state index < -0.39 is 0 Å². The molecule has 0 aromatic rings. The van der Waals surface area contributed by atoms with Gasteiger partial charge in [0.05, 0.1) is 6.10 Å². The first-order valence-corrected chi connectivity index (χ1v) is 6.10. The average molecular weight is 266 g/mol. The zero-order valence-electron chi connectivity index (χ0n) is 6.76. The van der Waals surface area contributed by atoms with Crippen molar-refractivity contribution in [3.63, 3.8) is 0 Å². The Hall–Kier alpha value is 0.690. The maximum atomic E-state index is 5.72. The summed E-state index contributed by atoms with van der Waals surface area (Å²) >= 11 is 2.43. The van der Waals surface area contributed by atoms with E-state index in [-0.39, 0.29) is 0 Å². The normalized spacial score (nSPS) is 43.9. The van der Waals surface area contributed by atoms with Crippen LogP contribution in [0.15, 0.2) is 0 Å². The molecule has 0 N–H and O–H groups in total. The molecule has 2 rings (SSSR count). The minimum atomic E-state index is 0.567. The molecule has 0 amide bonds. The van der Waals surface area contributed by atoms with E-state index in [4.69, 9.17) is 4.74 Å². The Morgan fingerprint density at radius 2 is 2.00 bits per heavy atom. The van der Waals surface area contributed by atoms with E-state index in [2.05, 4.69) is 22.6 Å². The molecule has 0 aromatic heterocycles. The topological polar surface area (TPSA) is 9.23 Å². The Kier molecular flexibility index (Phi) is 2.72. The van der Waals surface area contributed by atoms with Crippen LogP contribution in [0, 0.1) is 11.8 Å². The molecule has 0 radical (unpaired) electrons. The lowest BCUT2D eigenvalue weighted by atomic mass is 10.1. The lowest BCUT2D eigenvalue weighted by molar-refractivity contribution is 0.0509. The molecule has 3 atom stereocenters. The minimum absolute atomic E-state index is 0.567. The van der Waals surface area contributed by atoms with Gasteiger partial charge in [0.15, 0.2) is 0 Å². The predicted molar refractivity (Wildman–Crippen MR) is 54.1 cm³/mol. The van der Waals surface area contributed by atoms with Gasteiger partial charge in [-0.25, -0.2) is 0 Å². The molecule has 11 heavy (non-hydrogen) atoms. The highest BCUT2D eigenvalue weighted by Gasteiger charge is 2.37. The van der Waals surface area contributed by atoms with Crippen LogP contribution in [0.25, 0.3) is 0 Å². The molecule has 0 spiro atoms. The van der Waals surface area contributed by atoms with Crippen molar-refractivity contribution in [2.45, 2.75) is 31.8 Å². The standard InChI is InChI=1S/C9H15IO/c10-6-9-2-1-7-5-8(7)3-4-11-9/h7-9H,1-6H2/t7-,8+,9?/m0/s1. The Morgan fingerprint density at radius 3 is 2.82 bits per heavy atom.